The molecule has 0 aliphatic heterocycles. The van der Waals surface area contributed by atoms with Gasteiger partial charge in [-0.1, -0.05) is 41.1 Å². The highest BCUT2D eigenvalue weighted by Crippen LogP contribution is 2.33. The maximum atomic E-state index is 12.9. The molecule has 150 valence electrons. The van der Waals surface area contributed by atoms with E-state index in [-0.39, 0.29) is 11.6 Å². The number of nitro groups is 1. The van der Waals surface area contributed by atoms with Gasteiger partial charge < -0.3 is 4.90 Å². The van der Waals surface area contributed by atoms with Gasteiger partial charge in [0.2, 0.25) is 0 Å². The number of anilines is 1. The Morgan fingerprint density at radius 3 is 2.69 bits per heavy atom. The fraction of sp³-hybridized carbons (Fsp3) is 0.200. The van der Waals surface area contributed by atoms with E-state index in [1.165, 1.54) is 29.5 Å². The van der Waals surface area contributed by atoms with Crippen LogP contribution in [0.4, 0.5) is 10.8 Å². The van der Waals surface area contributed by atoms with Crippen LogP contribution in [0.15, 0.2) is 48.5 Å². The van der Waals surface area contributed by atoms with Gasteiger partial charge in [-0.15, -0.1) is 0 Å². The van der Waals surface area contributed by atoms with Gasteiger partial charge in [0.05, 0.1) is 14.6 Å². The fourth-order valence-electron chi connectivity index (χ4n) is 2.62. The van der Waals surface area contributed by atoms with Crippen molar-refractivity contribution >= 4 is 56.0 Å². The average Bonchev–Trinajstić information content (AvgIpc) is 3.12. The lowest BCUT2D eigenvalue weighted by Crippen LogP contribution is -2.35. The predicted molar refractivity (Wildman–Crippen MR) is 118 cm³/mol. The van der Waals surface area contributed by atoms with Crippen LogP contribution in [0.2, 0.25) is 5.02 Å². The molecule has 2 aromatic carbocycles. The minimum absolute atomic E-state index is 0.0233. The number of carbonyl (C=O) groups excluding carboxylic acids is 1. The highest BCUT2D eigenvalue weighted by molar-refractivity contribution is 7.22. The topological polar surface area (TPSA) is 79.6 Å². The van der Waals surface area contributed by atoms with Crippen LogP contribution in [0.1, 0.15) is 5.56 Å². The fourth-order valence-corrected chi connectivity index (χ4v) is 3.92. The number of benzene rings is 2. The normalized spacial score (nSPS) is 11.4. The number of para-hydroxylation sites is 1. The van der Waals surface area contributed by atoms with Crippen LogP contribution in [0, 0.1) is 10.1 Å². The third-order valence-electron chi connectivity index (χ3n) is 4.13. The van der Waals surface area contributed by atoms with Crippen LogP contribution in [-0.2, 0) is 4.79 Å². The number of carbonyl (C=O) groups is 1. The molecule has 29 heavy (non-hydrogen) atoms. The SMILES string of the molecule is CN(C)CCN(C(=O)/C=C/c1cccc([N+](=O)[O-])c1)c1nc2c(Cl)cccc2s1. The summed E-state index contributed by atoms with van der Waals surface area (Å²) in [5.74, 6) is -0.256. The number of likely N-dealkylation sites (N-methyl/N-ethyl adjacent to an activating group) is 1. The maximum absolute atomic E-state index is 12.9. The molecule has 0 spiro atoms. The quantitative estimate of drug-likeness (QED) is 0.314. The first-order valence-corrected chi connectivity index (χ1v) is 9.98. The van der Waals surface area contributed by atoms with Gasteiger partial charge in [0, 0.05) is 31.3 Å². The molecule has 3 rings (SSSR count). The van der Waals surface area contributed by atoms with Crippen LogP contribution in [-0.4, -0.2) is 47.9 Å². The van der Waals surface area contributed by atoms with Gasteiger partial charge in [-0.3, -0.25) is 19.8 Å². The first-order valence-electron chi connectivity index (χ1n) is 8.79. The Labute approximate surface area is 177 Å². The van der Waals surface area contributed by atoms with E-state index in [9.17, 15) is 14.9 Å². The smallest absolute Gasteiger partial charge is 0.270 e. The molecule has 0 fully saturated rings. The van der Waals surface area contributed by atoms with E-state index in [1.54, 1.807) is 29.2 Å². The zero-order valence-electron chi connectivity index (χ0n) is 15.9. The Morgan fingerprint density at radius 2 is 2.00 bits per heavy atom. The maximum Gasteiger partial charge on any atom is 0.270 e. The molecule has 0 atom stereocenters. The van der Waals surface area contributed by atoms with Gasteiger partial charge in [-0.2, -0.15) is 0 Å². The molecule has 0 aliphatic carbocycles. The molecule has 1 amide bonds. The van der Waals surface area contributed by atoms with Crippen LogP contribution in [0.5, 0.6) is 0 Å². The molecule has 0 N–H and O–H groups in total. The third kappa shape index (κ3) is 5.17. The van der Waals surface area contributed by atoms with Crippen molar-refractivity contribution < 1.29 is 9.72 Å². The highest BCUT2D eigenvalue weighted by Gasteiger charge is 2.19. The summed E-state index contributed by atoms with van der Waals surface area (Å²) < 4.78 is 0.901. The number of thiazole rings is 1. The second kappa shape index (κ2) is 9.13. The molecule has 0 bridgehead atoms. The van der Waals surface area contributed by atoms with Gasteiger partial charge >= 0.3 is 0 Å². The standard InChI is InChI=1S/C20H19ClN4O3S/c1-23(2)11-12-24(20-22-19-16(21)7-4-8-17(19)29-20)18(26)10-9-14-5-3-6-15(13-14)25(27)28/h3-10,13H,11-12H2,1-2H3/b10-9+. The lowest BCUT2D eigenvalue weighted by atomic mass is 10.2. The molecule has 3 aromatic rings. The van der Waals surface area contributed by atoms with E-state index in [1.807, 2.05) is 31.1 Å². The summed E-state index contributed by atoms with van der Waals surface area (Å²) in [6.45, 7) is 1.10. The Balaban J connectivity index is 1.89. The van der Waals surface area contributed by atoms with Crippen molar-refractivity contribution in [2.45, 2.75) is 0 Å². The average molecular weight is 431 g/mol. The summed E-state index contributed by atoms with van der Waals surface area (Å²) >= 11 is 7.62. The number of rotatable bonds is 7. The summed E-state index contributed by atoms with van der Waals surface area (Å²) in [6.07, 6.45) is 2.97. The Morgan fingerprint density at radius 1 is 1.24 bits per heavy atom. The van der Waals surface area contributed by atoms with Crippen molar-refractivity contribution in [3.8, 4) is 0 Å². The number of hydrogen-bond donors (Lipinski definition) is 0. The number of non-ortho nitro benzene ring substituents is 1. The van der Waals surface area contributed by atoms with Crippen LogP contribution >= 0.6 is 22.9 Å². The molecule has 1 aromatic heterocycles. The molecule has 0 unspecified atom stereocenters. The summed E-state index contributed by atoms with van der Waals surface area (Å²) in [5, 5.41) is 12.0. The van der Waals surface area contributed by atoms with Gasteiger partial charge in [-0.25, -0.2) is 4.98 Å². The Hall–Kier alpha value is -2.81. The minimum atomic E-state index is -0.465. The van der Waals surface area contributed by atoms with Crippen molar-refractivity contribution in [1.29, 1.82) is 0 Å². The van der Waals surface area contributed by atoms with Crippen LogP contribution in [0.25, 0.3) is 16.3 Å². The zero-order valence-corrected chi connectivity index (χ0v) is 17.5. The zero-order chi connectivity index (χ0) is 21.0. The van der Waals surface area contributed by atoms with E-state index < -0.39 is 4.92 Å². The van der Waals surface area contributed by atoms with Crippen molar-refractivity contribution in [2.75, 3.05) is 32.1 Å². The van der Waals surface area contributed by atoms with Crippen molar-refractivity contribution in [3.63, 3.8) is 0 Å². The van der Waals surface area contributed by atoms with E-state index in [4.69, 9.17) is 11.6 Å². The molecular weight excluding hydrogens is 412 g/mol. The molecule has 9 heteroatoms. The number of nitrogens with zero attached hydrogens (tertiary/aromatic N) is 4. The van der Waals surface area contributed by atoms with E-state index in [0.29, 0.717) is 34.3 Å². The first-order chi connectivity index (χ1) is 13.8. The molecular formula is C20H19ClN4O3S. The molecule has 0 aliphatic rings. The monoisotopic (exact) mass is 430 g/mol. The Bertz CT molecular complexity index is 1080. The Kier molecular flexibility index (Phi) is 6.58. The minimum Gasteiger partial charge on any atom is -0.308 e. The first kappa shape index (κ1) is 20.9. The van der Waals surface area contributed by atoms with Gasteiger partial charge in [-0.05, 0) is 37.9 Å². The van der Waals surface area contributed by atoms with Gasteiger partial charge in [0.1, 0.15) is 5.52 Å². The lowest BCUT2D eigenvalue weighted by molar-refractivity contribution is -0.384. The van der Waals surface area contributed by atoms with Crippen molar-refractivity contribution in [2.24, 2.45) is 0 Å². The summed E-state index contributed by atoms with van der Waals surface area (Å²) in [6, 6.07) is 11.6. The second-order valence-corrected chi connectivity index (χ2v) is 7.98. The van der Waals surface area contributed by atoms with Gasteiger partial charge in [0.25, 0.3) is 11.6 Å². The number of nitro benzene ring substituents is 1. The number of aromatic nitrogens is 1. The van der Waals surface area contributed by atoms with Crippen LogP contribution in [0.3, 0.4) is 0 Å². The van der Waals surface area contributed by atoms with Gasteiger partial charge in [0.15, 0.2) is 5.13 Å². The summed E-state index contributed by atoms with van der Waals surface area (Å²) in [4.78, 5) is 31.5. The number of hydrogen-bond acceptors (Lipinski definition) is 6. The second-order valence-electron chi connectivity index (χ2n) is 6.56. The number of halogens is 1. The molecule has 0 radical (unpaired) electrons. The number of amides is 1. The highest BCUT2D eigenvalue weighted by atomic mass is 35.5. The van der Waals surface area contributed by atoms with E-state index in [0.717, 1.165) is 4.70 Å². The summed E-state index contributed by atoms with van der Waals surface area (Å²) in [7, 11) is 3.85. The molecule has 0 saturated carbocycles. The number of fused-ring (bicyclic) bond motifs is 1. The predicted octanol–water partition coefficient (Wildman–Crippen LogP) is 4.47. The van der Waals surface area contributed by atoms with Crippen LogP contribution < -0.4 is 4.90 Å². The molecule has 7 nitrogen and oxygen atoms in total. The molecule has 0 saturated heterocycles. The largest absolute Gasteiger partial charge is 0.308 e. The summed E-state index contributed by atoms with van der Waals surface area (Å²) in [5.41, 5.74) is 1.22. The third-order valence-corrected chi connectivity index (χ3v) is 5.47. The van der Waals surface area contributed by atoms with Crippen molar-refractivity contribution in [1.82, 2.24) is 9.88 Å². The lowest BCUT2D eigenvalue weighted by Gasteiger charge is -2.20. The van der Waals surface area contributed by atoms with E-state index in [2.05, 4.69) is 4.98 Å². The van der Waals surface area contributed by atoms with Crippen molar-refractivity contribution in [3.05, 3.63) is 69.2 Å². The van der Waals surface area contributed by atoms with E-state index >= 15 is 0 Å². The molecule has 1 heterocycles.